The molecule has 0 spiro atoms. The van der Waals surface area contributed by atoms with Gasteiger partial charge in [0, 0.05) is 13.1 Å². The van der Waals surface area contributed by atoms with Crippen molar-refractivity contribution in [1.29, 1.82) is 0 Å². The van der Waals surface area contributed by atoms with Crippen molar-refractivity contribution in [2.75, 3.05) is 13.1 Å². The highest BCUT2D eigenvalue weighted by molar-refractivity contribution is 7.92. The molecule has 1 aliphatic heterocycles. The van der Waals surface area contributed by atoms with Crippen LogP contribution in [0.5, 0.6) is 0 Å². The Morgan fingerprint density at radius 2 is 1.78 bits per heavy atom. The van der Waals surface area contributed by atoms with Crippen LogP contribution in [0.3, 0.4) is 0 Å². The van der Waals surface area contributed by atoms with Crippen molar-refractivity contribution >= 4 is 27.3 Å². The number of halogens is 1. The fraction of sp³-hybridized carbons (Fsp3) is 0.381. The molecule has 1 aliphatic carbocycles. The number of aryl methyl sites for hydroxylation is 1. The lowest BCUT2D eigenvalue weighted by Gasteiger charge is -2.24. The van der Waals surface area contributed by atoms with Crippen LogP contribution in [0.4, 0.5) is 0 Å². The molecule has 6 heteroatoms. The molecule has 1 saturated heterocycles. The largest absolute Gasteiger partial charge is 0.341 e. The third-order valence-electron chi connectivity index (χ3n) is 5.78. The lowest BCUT2D eigenvalue weighted by Crippen LogP contribution is -2.39. The molecule has 1 atom stereocenters. The Hall–Kier alpha value is -1.85. The molecule has 0 aromatic heterocycles. The normalized spacial score (nSPS) is 21.3. The highest BCUT2D eigenvalue weighted by atomic mass is 35.5. The standard InChI is InChI=1S/C21H22ClNO3S/c1-15-6-8-16(9-7-15)21(11-12-21)20(24)23-13-10-17(14-23)27(25,26)19-5-3-2-4-18(19)22/h2-9,17H,10-14H2,1H3. The number of carbonyl (C=O) groups is 1. The number of benzene rings is 2. The van der Waals surface area contributed by atoms with E-state index in [1.54, 1.807) is 23.1 Å². The third-order valence-corrected chi connectivity index (χ3v) is 8.45. The summed E-state index contributed by atoms with van der Waals surface area (Å²) in [6.07, 6.45) is 2.10. The summed E-state index contributed by atoms with van der Waals surface area (Å²) in [5, 5.41) is -0.365. The number of sulfone groups is 1. The van der Waals surface area contributed by atoms with Crippen LogP contribution in [0.25, 0.3) is 0 Å². The SMILES string of the molecule is Cc1ccc(C2(C(=O)N3CCC(S(=O)(=O)c4ccccc4Cl)C3)CC2)cc1. The maximum atomic E-state index is 13.2. The van der Waals surface area contributed by atoms with Crippen molar-refractivity contribution < 1.29 is 13.2 Å². The Morgan fingerprint density at radius 3 is 2.41 bits per heavy atom. The molecule has 2 aromatic rings. The molecule has 142 valence electrons. The number of hydrogen-bond donors (Lipinski definition) is 0. The summed E-state index contributed by atoms with van der Waals surface area (Å²) in [6.45, 7) is 2.73. The molecular formula is C21H22ClNO3S. The predicted molar refractivity (Wildman–Crippen MR) is 106 cm³/mol. The number of amides is 1. The second kappa shape index (κ2) is 6.64. The van der Waals surface area contributed by atoms with E-state index in [-0.39, 0.29) is 22.4 Å². The van der Waals surface area contributed by atoms with Crippen molar-refractivity contribution in [3.05, 3.63) is 64.7 Å². The molecule has 2 fully saturated rings. The number of rotatable bonds is 4. The molecule has 0 bridgehead atoms. The van der Waals surface area contributed by atoms with Crippen molar-refractivity contribution in [3.63, 3.8) is 0 Å². The second-order valence-electron chi connectivity index (χ2n) is 7.59. The summed E-state index contributed by atoms with van der Waals surface area (Å²) in [5.74, 6) is 0.0585. The van der Waals surface area contributed by atoms with Crippen LogP contribution in [0.1, 0.15) is 30.4 Å². The maximum Gasteiger partial charge on any atom is 0.233 e. The first-order chi connectivity index (χ1) is 12.8. The van der Waals surface area contributed by atoms with Crippen LogP contribution >= 0.6 is 11.6 Å². The quantitative estimate of drug-likeness (QED) is 0.781. The van der Waals surface area contributed by atoms with E-state index < -0.39 is 20.5 Å². The van der Waals surface area contributed by atoms with Gasteiger partial charge in [-0.05, 0) is 43.9 Å². The Bertz CT molecular complexity index is 981. The molecule has 1 amide bonds. The van der Waals surface area contributed by atoms with E-state index in [9.17, 15) is 13.2 Å². The average molecular weight is 404 g/mol. The van der Waals surface area contributed by atoms with Gasteiger partial charge in [0.15, 0.2) is 9.84 Å². The Kier molecular flexibility index (Phi) is 4.55. The lowest BCUT2D eigenvalue weighted by atomic mass is 9.93. The average Bonchev–Trinajstić information content (AvgIpc) is 3.30. The minimum absolute atomic E-state index is 0.0585. The van der Waals surface area contributed by atoms with Crippen LogP contribution in [-0.2, 0) is 20.0 Å². The number of likely N-dealkylation sites (tertiary alicyclic amines) is 1. The topological polar surface area (TPSA) is 54.5 Å². The monoisotopic (exact) mass is 403 g/mol. The van der Waals surface area contributed by atoms with E-state index in [0.717, 1.165) is 24.0 Å². The molecular weight excluding hydrogens is 382 g/mol. The van der Waals surface area contributed by atoms with E-state index in [2.05, 4.69) is 0 Å². The number of hydrogen-bond acceptors (Lipinski definition) is 3. The van der Waals surface area contributed by atoms with Crippen LogP contribution in [0.15, 0.2) is 53.4 Å². The van der Waals surface area contributed by atoms with Gasteiger partial charge in [-0.25, -0.2) is 8.42 Å². The highest BCUT2D eigenvalue weighted by Crippen LogP contribution is 2.50. The second-order valence-corrected chi connectivity index (χ2v) is 10.2. The zero-order valence-corrected chi connectivity index (χ0v) is 16.8. The fourth-order valence-corrected chi connectivity index (χ4v) is 6.16. The first kappa shape index (κ1) is 18.5. The fourth-order valence-electron chi connectivity index (χ4n) is 3.95. The molecule has 2 aliphatic rings. The van der Waals surface area contributed by atoms with Crippen LogP contribution in [0, 0.1) is 6.92 Å². The van der Waals surface area contributed by atoms with Crippen LogP contribution < -0.4 is 0 Å². The Labute approximate surface area is 165 Å². The molecule has 4 nitrogen and oxygen atoms in total. The molecule has 1 unspecified atom stereocenters. The molecule has 0 N–H and O–H groups in total. The van der Waals surface area contributed by atoms with Crippen molar-refractivity contribution in [2.45, 2.75) is 41.7 Å². The van der Waals surface area contributed by atoms with Gasteiger partial charge in [0.1, 0.15) is 0 Å². The molecule has 1 heterocycles. The predicted octanol–water partition coefficient (Wildman–Crippen LogP) is 3.75. The van der Waals surface area contributed by atoms with Gasteiger partial charge in [0.05, 0.1) is 20.6 Å². The molecule has 0 radical (unpaired) electrons. The maximum absolute atomic E-state index is 13.2. The third kappa shape index (κ3) is 3.17. The Balaban J connectivity index is 1.54. The molecule has 4 rings (SSSR count). The number of nitrogens with zero attached hydrogens (tertiary/aromatic N) is 1. The highest BCUT2D eigenvalue weighted by Gasteiger charge is 2.54. The van der Waals surface area contributed by atoms with E-state index in [1.807, 2.05) is 31.2 Å². The number of carbonyl (C=O) groups excluding carboxylic acids is 1. The summed E-state index contributed by atoms with van der Waals surface area (Å²) in [5.41, 5.74) is 1.74. The summed E-state index contributed by atoms with van der Waals surface area (Å²) in [4.78, 5) is 15.1. The van der Waals surface area contributed by atoms with Gasteiger partial charge in [-0.2, -0.15) is 0 Å². The van der Waals surface area contributed by atoms with E-state index in [1.165, 1.54) is 6.07 Å². The van der Waals surface area contributed by atoms with E-state index in [4.69, 9.17) is 11.6 Å². The molecule has 27 heavy (non-hydrogen) atoms. The van der Waals surface area contributed by atoms with Crippen LogP contribution in [0.2, 0.25) is 5.02 Å². The van der Waals surface area contributed by atoms with Gasteiger partial charge >= 0.3 is 0 Å². The Morgan fingerprint density at radius 1 is 1.11 bits per heavy atom. The van der Waals surface area contributed by atoms with Gasteiger partial charge < -0.3 is 4.90 Å². The summed E-state index contributed by atoms with van der Waals surface area (Å²) in [7, 11) is -3.56. The van der Waals surface area contributed by atoms with Gasteiger partial charge in [-0.1, -0.05) is 53.6 Å². The first-order valence-corrected chi connectivity index (χ1v) is 11.1. The minimum atomic E-state index is -3.56. The molecule has 1 saturated carbocycles. The summed E-state index contributed by atoms with van der Waals surface area (Å²) >= 11 is 6.10. The zero-order chi connectivity index (χ0) is 19.2. The van der Waals surface area contributed by atoms with Gasteiger partial charge in [-0.3, -0.25) is 4.79 Å². The van der Waals surface area contributed by atoms with E-state index >= 15 is 0 Å². The van der Waals surface area contributed by atoms with Gasteiger partial charge in [-0.15, -0.1) is 0 Å². The smallest absolute Gasteiger partial charge is 0.233 e. The first-order valence-electron chi connectivity index (χ1n) is 9.19. The minimum Gasteiger partial charge on any atom is -0.341 e. The summed E-state index contributed by atoms with van der Waals surface area (Å²) in [6, 6.07) is 14.6. The van der Waals surface area contributed by atoms with Crippen molar-refractivity contribution in [2.24, 2.45) is 0 Å². The van der Waals surface area contributed by atoms with Crippen molar-refractivity contribution in [3.8, 4) is 0 Å². The van der Waals surface area contributed by atoms with Gasteiger partial charge in [0.25, 0.3) is 0 Å². The lowest BCUT2D eigenvalue weighted by molar-refractivity contribution is -0.132. The zero-order valence-electron chi connectivity index (χ0n) is 15.2. The van der Waals surface area contributed by atoms with Gasteiger partial charge in [0.2, 0.25) is 5.91 Å². The van der Waals surface area contributed by atoms with E-state index in [0.29, 0.717) is 13.0 Å². The van der Waals surface area contributed by atoms with Crippen molar-refractivity contribution in [1.82, 2.24) is 4.90 Å². The van der Waals surface area contributed by atoms with Crippen LogP contribution in [-0.4, -0.2) is 37.6 Å². The molecule has 2 aromatic carbocycles. The summed E-state index contributed by atoms with van der Waals surface area (Å²) < 4.78 is 25.9.